The van der Waals surface area contributed by atoms with Crippen LogP contribution < -0.4 is 10.6 Å². The van der Waals surface area contributed by atoms with Crippen LogP contribution in [0.3, 0.4) is 0 Å². The van der Waals surface area contributed by atoms with Crippen LogP contribution in [0.2, 0.25) is 0 Å². The van der Waals surface area contributed by atoms with E-state index < -0.39 is 5.41 Å². The molecule has 0 bridgehead atoms. The fraction of sp³-hybridized carbons (Fsp3) is 0.471. The number of carbonyl (C=O) groups is 1. The maximum Gasteiger partial charge on any atom is 0.250 e. The zero-order valence-electron chi connectivity index (χ0n) is 14.0. The zero-order valence-corrected chi connectivity index (χ0v) is 14.0. The minimum atomic E-state index is -0.481. The number of benzene rings is 1. The van der Waals surface area contributed by atoms with Crippen LogP contribution >= 0.6 is 0 Å². The molecule has 1 aromatic carbocycles. The van der Waals surface area contributed by atoms with Gasteiger partial charge in [-0.3, -0.25) is 10.1 Å². The molecule has 0 fully saturated rings. The van der Waals surface area contributed by atoms with Crippen LogP contribution in [0.25, 0.3) is 0 Å². The van der Waals surface area contributed by atoms with E-state index in [1.807, 2.05) is 43.7 Å². The molecule has 2 atom stereocenters. The second-order valence-corrected chi connectivity index (χ2v) is 7.12. The highest BCUT2D eigenvalue weighted by molar-refractivity contribution is 5.93. The molecule has 2 N–H and O–H groups in total. The van der Waals surface area contributed by atoms with E-state index in [0.717, 1.165) is 6.42 Å². The number of nitrogens with one attached hydrogen (secondary N) is 2. The average molecular weight is 313 g/mol. The van der Waals surface area contributed by atoms with E-state index in [-0.39, 0.29) is 11.9 Å². The molecule has 2 aromatic rings. The van der Waals surface area contributed by atoms with Gasteiger partial charge in [-0.1, -0.05) is 51.1 Å². The van der Waals surface area contributed by atoms with Gasteiger partial charge in [-0.05, 0) is 18.9 Å². The van der Waals surface area contributed by atoms with Crippen molar-refractivity contribution in [3.05, 3.63) is 35.9 Å². The largest absolute Gasteiger partial charge is 0.352 e. The molecule has 0 spiro atoms. The van der Waals surface area contributed by atoms with Crippen molar-refractivity contribution in [2.45, 2.75) is 46.2 Å². The summed E-state index contributed by atoms with van der Waals surface area (Å²) in [6.07, 6.45) is 0.924. The second-order valence-electron chi connectivity index (χ2n) is 7.12. The summed E-state index contributed by atoms with van der Waals surface area (Å²) in [6, 6.07) is 10.7. The van der Waals surface area contributed by atoms with E-state index in [1.165, 1.54) is 5.56 Å². The molecule has 0 radical (unpaired) electrons. The lowest BCUT2D eigenvalue weighted by molar-refractivity contribution is -0.123. The van der Waals surface area contributed by atoms with Crippen LogP contribution in [0.15, 0.2) is 30.3 Å². The number of nitrogens with zero attached hydrogens (tertiary/aromatic N) is 3. The number of hydrogen-bond acceptors (Lipinski definition) is 4. The molecule has 2 heterocycles. The number of aromatic nitrogens is 3. The first-order valence-corrected chi connectivity index (χ1v) is 7.94. The molecule has 0 saturated heterocycles. The van der Waals surface area contributed by atoms with E-state index in [2.05, 4.69) is 39.8 Å². The van der Waals surface area contributed by atoms with Crippen molar-refractivity contribution in [1.29, 1.82) is 0 Å². The van der Waals surface area contributed by atoms with Gasteiger partial charge in [0, 0.05) is 11.5 Å². The predicted molar refractivity (Wildman–Crippen MR) is 90.4 cm³/mol. The summed E-state index contributed by atoms with van der Waals surface area (Å²) in [7, 11) is 0. The van der Waals surface area contributed by atoms with Crippen molar-refractivity contribution in [3.63, 3.8) is 0 Å². The van der Waals surface area contributed by atoms with Gasteiger partial charge in [0.05, 0.1) is 6.04 Å². The van der Waals surface area contributed by atoms with E-state index >= 15 is 0 Å². The van der Waals surface area contributed by atoms with Crippen molar-refractivity contribution in [3.8, 4) is 0 Å². The third-order valence-electron chi connectivity index (χ3n) is 3.97. The normalized spacial score (nSPS) is 20.5. The molecule has 0 unspecified atom stereocenters. The van der Waals surface area contributed by atoms with E-state index in [9.17, 15) is 4.79 Å². The van der Waals surface area contributed by atoms with Gasteiger partial charge in [0.2, 0.25) is 11.9 Å². The van der Waals surface area contributed by atoms with E-state index in [1.54, 1.807) is 0 Å². The molecule has 1 aliphatic heterocycles. The van der Waals surface area contributed by atoms with Gasteiger partial charge in [0.1, 0.15) is 0 Å². The van der Waals surface area contributed by atoms with E-state index in [0.29, 0.717) is 17.9 Å². The quantitative estimate of drug-likeness (QED) is 0.894. The zero-order chi connectivity index (χ0) is 16.6. The Morgan fingerprint density at radius 1 is 1.30 bits per heavy atom. The molecule has 122 valence electrons. The molecule has 0 saturated carbocycles. The van der Waals surface area contributed by atoms with Crippen LogP contribution in [-0.4, -0.2) is 26.7 Å². The highest BCUT2D eigenvalue weighted by atomic mass is 16.2. The lowest BCUT2D eigenvalue weighted by Gasteiger charge is -2.29. The molecule has 1 aromatic heterocycles. The molecule has 1 amide bonds. The molecule has 23 heavy (non-hydrogen) atoms. The number of anilines is 2. The fourth-order valence-electron chi connectivity index (χ4n) is 2.65. The highest BCUT2D eigenvalue weighted by Gasteiger charge is 2.29. The van der Waals surface area contributed by atoms with Crippen molar-refractivity contribution in [2.24, 2.45) is 5.41 Å². The van der Waals surface area contributed by atoms with Crippen LogP contribution in [-0.2, 0) is 4.79 Å². The first-order valence-electron chi connectivity index (χ1n) is 7.94. The van der Waals surface area contributed by atoms with Gasteiger partial charge in [-0.15, -0.1) is 5.10 Å². The second kappa shape index (κ2) is 5.68. The predicted octanol–water partition coefficient (Wildman–Crippen LogP) is 3.06. The molecule has 3 rings (SSSR count). The average Bonchev–Trinajstić information content (AvgIpc) is 2.88. The standard InChI is InChI=1S/C17H23N5O/c1-11-10-13(12-8-6-5-7-9-12)22-16(18-11)20-15(21-22)19-14(23)17(2,3)4/h5-9,11,13H,10H2,1-4H3,(H2,18,19,20,21,23)/t11-,13+/m1/s1. The molecule has 6 heteroatoms. The van der Waals surface area contributed by atoms with Crippen LogP contribution in [0, 0.1) is 5.41 Å². The first-order chi connectivity index (χ1) is 10.8. The Bertz CT molecular complexity index is 702. The van der Waals surface area contributed by atoms with Gasteiger partial charge in [0.15, 0.2) is 0 Å². The molecule has 0 aliphatic carbocycles. The number of amides is 1. The van der Waals surface area contributed by atoms with Crippen molar-refractivity contribution in [1.82, 2.24) is 14.8 Å². The minimum Gasteiger partial charge on any atom is -0.352 e. The van der Waals surface area contributed by atoms with Crippen molar-refractivity contribution < 1.29 is 4.79 Å². The van der Waals surface area contributed by atoms with Crippen LogP contribution in [0.1, 0.15) is 45.7 Å². The molecular weight excluding hydrogens is 290 g/mol. The van der Waals surface area contributed by atoms with Crippen LogP contribution in [0.4, 0.5) is 11.9 Å². The lowest BCUT2D eigenvalue weighted by atomic mass is 9.96. The summed E-state index contributed by atoms with van der Waals surface area (Å²) in [5.74, 6) is 0.953. The van der Waals surface area contributed by atoms with Gasteiger partial charge < -0.3 is 5.32 Å². The Kier molecular flexibility index (Phi) is 3.83. The number of rotatable bonds is 2. The Hall–Kier alpha value is -2.37. The topological polar surface area (TPSA) is 71.8 Å². The van der Waals surface area contributed by atoms with E-state index in [4.69, 9.17) is 0 Å². The maximum atomic E-state index is 12.1. The Morgan fingerprint density at radius 2 is 2.00 bits per heavy atom. The Morgan fingerprint density at radius 3 is 2.65 bits per heavy atom. The molecule has 1 aliphatic rings. The summed E-state index contributed by atoms with van der Waals surface area (Å²) < 4.78 is 1.87. The summed E-state index contributed by atoms with van der Waals surface area (Å²) in [4.78, 5) is 16.6. The smallest absolute Gasteiger partial charge is 0.250 e. The minimum absolute atomic E-state index is 0.0928. The van der Waals surface area contributed by atoms with Gasteiger partial charge in [-0.2, -0.15) is 4.98 Å². The summed E-state index contributed by atoms with van der Waals surface area (Å²) in [6.45, 7) is 7.73. The monoisotopic (exact) mass is 313 g/mol. The Balaban J connectivity index is 1.91. The van der Waals surface area contributed by atoms with Crippen molar-refractivity contribution >= 4 is 17.8 Å². The van der Waals surface area contributed by atoms with Crippen molar-refractivity contribution in [2.75, 3.05) is 10.6 Å². The summed E-state index contributed by atoms with van der Waals surface area (Å²) in [5, 5.41) is 10.6. The molecular formula is C17H23N5O. The lowest BCUT2D eigenvalue weighted by Crippen LogP contribution is -2.31. The van der Waals surface area contributed by atoms with Gasteiger partial charge in [0.25, 0.3) is 5.95 Å². The summed E-state index contributed by atoms with van der Waals surface area (Å²) >= 11 is 0. The maximum absolute atomic E-state index is 12.1. The third-order valence-corrected chi connectivity index (χ3v) is 3.97. The van der Waals surface area contributed by atoms with Gasteiger partial charge >= 0.3 is 0 Å². The number of fused-ring (bicyclic) bond motifs is 1. The SMILES string of the molecule is C[C@@H]1C[C@@H](c2ccccc2)n2nc(NC(=O)C(C)(C)C)nc2N1. The Labute approximate surface area is 136 Å². The molecule has 6 nitrogen and oxygen atoms in total. The van der Waals surface area contributed by atoms with Crippen LogP contribution in [0.5, 0.6) is 0 Å². The van der Waals surface area contributed by atoms with Gasteiger partial charge in [-0.25, -0.2) is 4.68 Å². The first kappa shape index (κ1) is 15.5. The number of carbonyl (C=O) groups excluding carboxylic acids is 1. The summed E-state index contributed by atoms with van der Waals surface area (Å²) in [5.41, 5.74) is 0.714. The highest BCUT2D eigenvalue weighted by Crippen LogP contribution is 2.31. The fourth-order valence-corrected chi connectivity index (χ4v) is 2.65. The third kappa shape index (κ3) is 3.21. The number of hydrogen-bond donors (Lipinski definition) is 2.